The Balaban J connectivity index is 1.44. The predicted molar refractivity (Wildman–Crippen MR) is 113 cm³/mol. The molecule has 1 saturated heterocycles. The number of pyridine rings is 1. The number of hydrogen-bond donors (Lipinski definition) is 1. The Bertz CT molecular complexity index is 996. The molecule has 1 aliphatic heterocycles. The summed E-state index contributed by atoms with van der Waals surface area (Å²) in [6, 6.07) is 9.52. The molecule has 0 radical (unpaired) electrons. The molecule has 1 aromatic carbocycles. The molecule has 7 nitrogen and oxygen atoms in total. The quantitative estimate of drug-likeness (QED) is 0.838. The molecule has 2 heterocycles. The number of ketones is 1. The van der Waals surface area contributed by atoms with Crippen molar-refractivity contribution in [3.8, 4) is 5.75 Å². The molecular formula is C23H27N3O4. The maximum Gasteiger partial charge on any atom is 0.261 e. The third-order valence-electron chi connectivity index (χ3n) is 5.93. The van der Waals surface area contributed by atoms with E-state index in [0.29, 0.717) is 37.2 Å². The zero-order valence-electron chi connectivity index (χ0n) is 17.3. The van der Waals surface area contributed by atoms with Crippen LogP contribution in [0.2, 0.25) is 0 Å². The third kappa shape index (κ3) is 4.31. The van der Waals surface area contributed by atoms with Gasteiger partial charge >= 0.3 is 0 Å². The lowest BCUT2D eigenvalue weighted by Crippen LogP contribution is -2.38. The van der Waals surface area contributed by atoms with Crippen molar-refractivity contribution in [1.29, 1.82) is 0 Å². The summed E-state index contributed by atoms with van der Waals surface area (Å²) in [6.45, 7) is 3.58. The summed E-state index contributed by atoms with van der Waals surface area (Å²) in [5, 5.41) is 0. The summed E-state index contributed by atoms with van der Waals surface area (Å²) in [5.74, 6) is 0.548. The molecule has 0 bridgehead atoms. The van der Waals surface area contributed by atoms with Gasteiger partial charge < -0.3 is 14.6 Å². The lowest BCUT2D eigenvalue weighted by atomic mass is 9.93. The number of aromatic nitrogens is 1. The number of ether oxygens (including phenoxy) is 1. The van der Waals surface area contributed by atoms with Crippen molar-refractivity contribution in [2.75, 3.05) is 33.3 Å². The first-order valence-electron chi connectivity index (χ1n) is 10.5. The molecule has 7 heteroatoms. The zero-order valence-corrected chi connectivity index (χ0v) is 17.3. The highest BCUT2D eigenvalue weighted by Crippen LogP contribution is 2.20. The van der Waals surface area contributed by atoms with Gasteiger partial charge in [0.15, 0.2) is 5.78 Å². The van der Waals surface area contributed by atoms with Gasteiger partial charge in [0.05, 0.1) is 7.11 Å². The fourth-order valence-corrected chi connectivity index (χ4v) is 4.23. The molecule has 4 rings (SSSR count). The van der Waals surface area contributed by atoms with Crippen LogP contribution in [0.5, 0.6) is 5.75 Å². The number of carbonyl (C=O) groups is 2. The third-order valence-corrected chi connectivity index (χ3v) is 5.93. The van der Waals surface area contributed by atoms with E-state index in [1.54, 1.807) is 12.0 Å². The van der Waals surface area contributed by atoms with Gasteiger partial charge in [-0.1, -0.05) is 12.1 Å². The molecule has 0 spiro atoms. The summed E-state index contributed by atoms with van der Waals surface area (Å²) in [4.78, 5) is 44.6. The van der Waals surface area contributed by atoms with E-state index in [9.17, 15) is 14.4 Å². The van der Waals surface area contributed by atoms with E-state index in [0.717, 1.165) is 38.2 Å². The number of nitrogens with zero attached hydrogens (tertiary/aromatic N) is 2. The highest BCUT2D eigenvalue weighted by Gasteiger charge is 2.26. The minimum absolute atomic E-state index is 0.00285. The summed E-state index contributed by atoms with van der Waals surface area (Å²) < 4.78 is 5.21. The second kappa shape index (κ2) is 8.83. The molecule has 0 atom stereocenters. The van der Waals surface area contributed by atoms with Gasteiger partial charge in [0.1, 0.15) is 11.3 Å². The van der Waals surface area contributed by atoms with Gasteiger partial charge in [-0.05, 0) is 43.0 Å². The number of carbonyl (C=O) groups excluding carboxylic acids is 2. The van der Waals surface area contributed by atoms with Crippen LogP contribution in [0.15, 0.2) is 35.1 Å². The summed E-state index contributed by atoms with van der Waals surface area (Å²) in [5.41, 5.74) is 2.04. The van der Waals surface area contributed by atoms with E-state index in [1.165, 1.54) is 11.6 Å². The molecule has 0 unspecified atom stereocenters. The largest absolute Gasteiger partial charge is 0.497 e. The highest BCUT2D eigenvalue weighted by molar-refractivity contribution is 6.01. The second-order valence-corrected chi connectivity index (χ2v) is 7.95. The lowest BCUT2D eigenvalue weighted by molar-refractivity contribution is 0.0759. The SMILES string of the molecule is COc1ccc(CN2CCCN(C(=O)c3cc4c([nH]c3=O)CCCC4=O)CC2)cc1. The van der Waals surface area contributed by atoms with Gasteiger partial charge in [0, 0.05) is 50.4 Å². The molecule has 1 aromatic heterocycles. The normalized spacial score (nSPS) is 17.4. The molecule has 158 valence electrons. The topological polar surface area (TPSA) is 82.7 Å². The van der Waals surface area contributed by atoms with Crippen LogP contribution in [-0.2, 0) is 13.0 Å². The van der Waals surface area contributed by atoms with Gasteiger partial charge in [-0.2, -0.15) is 0 Å². The summed E-state index contributed by atoms with van der Waals surface area (Å²) in [6.07, 6.45) is 2.72. The molecule has 2 aromatic rings. The van der Waals surface area contributed by atoms with E-state index < -0.39 is 5.56 Å². The maximum absolute atomic E-state index is 13.1. The van der Waals surface area contributed by atoms with E-state index in [1.807, 2.05) is 12.1 Å². The number of Topliss-reactive ketones (excluding diaryl/α,β-unsaturated/α-hetero) is 1. The fourth-order valence-electron chi connectivity index (χ4n) is 4.23. The lowest BCUT2D eigenvalue weighted by Gasteiger charge is -2.22. The second-order valence-electron chi connectivity index (χ2n) is 7.95. The molecule has 0 saturated carbocycles. The number of nitrogens with one attached hydrogen (secondary N) is 1. The Kier molecular flexibility index (Phi) is 5.99. The Hall–Kier alpha value is -2.93. The number of aromatic amines is 1. The Morgan fingerprint density at radius 1 is 1.03 bits per heavy atom. The number of amides is 1. The number of hydrogen-bond acceptors (Lipinski definition) is 5. The smallest absolute Gasteiger partial charge is 0.261 e. The van der Waals surface area contributed by atoms with E-state index in [2.05, 4.69) is 22.0 Å². The number of aryl methyl sites for hydroxylation is 1. The van der Waals surface area contributed by atoms with E-state index >= 15 is 0 Å². The Morgan fingerprint density at radius 3 is 2.60 bits per heavy atom. The monoisotopic (exact) mass is 409 g/mol. The standard InChI is InChI=1S/C23H27N3O4/c1-30-17-8-6-16(7-9-17)15-25-10-3-11-26(13-12-25)23(29)19-14-18-20(24-22(19)28)4-2-5-21(18)27/h6-9,14H,2-5,10-13,15H2,1H3,(H,24,28). The first-order valence-corrected chi connectivity index (χ1v) is 10.5. The van der Waals surface area contributed by atoms with Crippen LogP contribution in [0.4, 0.5) is 0 Å². The average Bonchev–Trinajstić information content (AvgIpc) is 2.99. The molecule has 30 heavy (non-hydrogen) atoms. The van der Waals surface area contributed by atoms with Crippen molar-refractivity contribution < 1.29 is 14.3 Å². The van der Waals surface area contributed by atoms with Crippen molar-refractivity contribution in [3.05, 3.63) is 63.1 Å². The Morgan fingerprint density at radius 2 is 1.83 bits per heavy atom. The van der Waals surface area contributed by atoms with Crippen molar-refractivity contribution in [3.63, 3.8) is 0 Å². The predicted octanol–water partition coefficient (Wildman–Crippen LogP) is 2.25. The zero-order chi connectivity index (χ0) is 21.1. The van der Waals surface area contributed by atoms with Gasteiger partial charge in [0.2, 0.25) is 0 Å². The van der Waals surface area contributed by atoms with Crippen LogP contribution in [0.25, 0.3) is 0 Å². The number of H-pyrrole nitrogens is 1. The highest BCUT2D eigenvalue weighted by atomic mass is 16.5. The molecule has 1 N–H and O–H groups in total. The summed E-state index contributed by atoms with van der Waals surface area (Å²) >= 11 is 0. The number of rotatable bonds is 4. The first-order chi connectivity index (χ1) is 14.5. The van der Waals surface area contributed by atoms with Crippen LogP contribution in [0, 0.1) is 0 Å². The van der Waals surface area contributed by atoms with Crippen LogP contribution >= 0.6 is 0 Å². The molecular weight excluding hydrogens is 382 g/mol. The van der Waals surface area contributed by atoms with Crippen molar-refractivity contribution in [1.82, 2.24) is 14.8 Å². The molecule has 2 aliphatic rings. The summed E-state index contributed by atoms with van der Waals surface area (Å²) in [7, 11) is 1.65. The number of fused-ring (bicyclic) bond motifs is 1. The molecule has 1 aliphatic carbocycles. The fraction of sp³-hybridized carbons (Fsp3) is 0.435. The van der Waals surface area contributed by atoms with Gasteiger partial charge in [-0.25, -0.2) is 0 Å². The van der Waals surface area contributed by atoms with E-state index in [4.69, 9.17) is 4.74 Å². The van der Waals surface area contributed by atoms with Crippen LogP contribution in [0.1, 0.15) is 51.2 Å². The van der Waals surface area contributed by atoms with Crippen molar-refractivity contribution in [2.45, 2.75) is 32.2 Å². The average molecular weight is 409 g/mol. The minimum atomic E-state index is -0.396. The number of benzene rings is 1. The first kappa shape index (κ1) is 20.3. The van der Waals surface area contributed by atoms with Crippen LogP contribution in [-0.4, -0.2) is 59.8 Å². The van der Waals surface area contributed by atoms with Crippen molar-refractivity contribution >= 4 is 11.7 Å². The number of methoxy groups -OCH3 is 1. The van der Waals surface area contributed by atoms with Crippen molar-refractivity contribution in [2.24, 2.45) is 0 Å². The van der Waals surface area contributed by atoms with Gasteiger partial charge in [-0.3, -0.25) is 19.3 Å². The van der Waals surface area contributed by atoms with Crippen LogP contribution < -0.4 is 10.3 Å². The van der Waals surface area contributed by atoms with Gasteiger partial charge in [0.25, 0.3) is 11.5 Å². The molecule has 1 amide bonds. The molecule has 1 fully saturated rings. The minimum Gasteiger partial charge on any atom is -0.497 e. The Labute approximate surface area is 175 Å². The maximum atomic E-state index is 13.1. The van der Waals surface area contributed by atoms with E-state index in [-0.39, 0.29) is 17.3 Å². The van der Waals surface area contributed by atoms with Gasteiger partial charge in [-0.15, -0.1) is 0 Å². The van der Waals surface area contributed by atoms with Crippen LogP contribution in [0.3, 0.4) is 0 Å².